The summed E-state index contributed by atoms with van der Waals surface area (Å²) in [6.45, 7) is 3.31. The number of amides is 2. The fraction of sp³-hybridized carbons (Fsp3) is 0.375. The molecule has 0 bridgehead atoms. The lowest BCUT2D eigenvalue weighted by molar-refractivity contribution is -0.130. The molecule has 2 aliphatic rings. The van der Waals surface area contributed by atoms with Gasteiger partial charge in [0.15, 0.2) is 5.96 Å². The normalized spacial score (nSPS) is 24.5. The number of benzene rings is 2. The molecule has 2 heterocycles. The van der Waals surface area contributed by atoms with Gasteiger partial charge in [0.25, 0.3) is 5.91 Å². The van der Waals surface area contributed by atoms with Crippen molar-refractivity contribution in [2.45, 2.75) is 31.7 Å². The number of rotatable bonds is 3. The summed E-state index contributed by atoms with van der Waals surface area (Å²) >= 11 is 0. The Morgan fingerprint density at radius 3 is 2.43 bits per heavy atom. The molecule has 6 nitrogen and oxygen atoms in total. The Labute approximate surface area is 177 Å². The van der Waals surface area contributed by atoms with Gasteiger partial charge < -0.3 is 10.2 Å². The van der Waals surface area contributed by atoms with Crippen molar-refractivity contribution in [2.24, 2.45) is 5.92 Å². The van der Waals surface area contributed by atoms with Crippen LogP contribution in [0.3, 0.4) is 0 Å². The van der Waals surface area contributed by atoms with Crippen LogP contribution >= 0.6 is 0 Å². The van der Waals surface area contributed by atoms with Gasteiger partial charge in [-0.3, -0.25) is 19.9 Å². The van der Waals surface area contributed by atoms with E-state index in [1.165, 1.54) is 4.90 Å². The minimum atomic E-state index is -0.503. The van der Waals surface area contributed by atoms with Crippen molar-refractivity contribution in [3.05, 3.63) is 60.2 Å². The van der Waals surface area contributed by atoms with Crippen LogP contribution in [0.2, 0.25) is 0 Å². The summed E-state index contributed by atoms with van der Waals surface area (Å²) < 4.78 is 0. The second-order valence-electron chi connectivity index (χ2n) is 8.55. The van der Waals surface area contributed by atoms with Gasteiger partial charge in [-0.2, -0.15) is 0 Å². The lowest BCUT2D eigenvalue weighted by Gasteiger charge is -2.47. The maximum absolute atomic E-state index is 13.1. The average molecular weight is 405 g/mol. The van der Waals surface area contributed by atoms with Crippen molar-refractivity contribution in [1.82, 2.24) is 15.1 Å². The van der Waals surface area contributed by atoms with Gasteiger partial charge in [-0.25, -0.2) is 0 Å². The van der Waals surface area contributed by atoms with E-state index in [0.717, 1.165) is 30.5 Å². The first-order chi connectivity index (χ1) is 14.4. The summed E-state index contributed by atoms with van der Waals surface area (Å²) in [6, 6.07) is 17.9. The zero-order valence-corrected chi connectivity index (χ0v) is 17.5. The molecule has 2 fully saturated rings. The standard InChI is InChI=1S/C24H28N4O2/c1-24(15-21(29)27(2)23(25)26-24)20-9-6-14-28(16-20)22(30)19-12-10-18(11-13-19)17-7-4-3-5-8-17/h3-5,7-8,10-13,20H,6,9,14-16H2,1-2H3,(H2,25,26)/t20?,24-/m0/s1. The van der Waals surface area contributed by atoms with Gasteiger partial charge in [0.05, 0.1) is 12.0 Å². The van der Waals surface area contributed by atoms with Crippen LogP contribution in [0, 0.1) is 11.3 Å². The largest absolute Gasteiger partial charge is 0.350 e. The Hall–Kier alpha value is -3.15. The minimum Gasteiger partial charge on any atom is -0.350 e. The van der Waals surface area contributed by atoms with E-state index in [9.17, 15) is 9.59 Å². The molecule has 1 unspecified atom stereocenters. The van der Waals surface area contributed by atoms with E-state index in [0.29, 0.717) is 18.5 Å². The van der Waals surface area contributed by atoms with Gasteiger partial charge in [0, 0.05) is 25.7 Å². The highest BCUT2D eigenvalue weighted by Crippen LogP contribution is 2.33. The maximum Gasteiger partial charge on any atom is 0.253 e. The predicted octanol–water partition coefficient (Wildman–Crippen LogP) is 3.35. The molecule has 2 aromatic carbocycles. The highest BCUT2D eigenvalue weighted by molar-refractivity contribution is 5.99. The summed E-state index contributed by atoms with van der Waals surface area (Å²) in [6.07, 6.45) is 2.17. The summed E-state index contributed by atoms with van der Waals surface area (Å²) in [5, 5.41) is 11.3. The van der Waals surface area contributed by atoms with E-state index in [1.807, 2.05) is 54.3 Å². The molecular formula is C24H28N4O2. The van der Waals surface area contributed by atoms with Crippen molar-refractivity contribution in [3.63, 3.8) is 0 Å². The molecule has 0 spiro atoms. The number of carbonyl (C=O) groups excluding carboxylic acids is 2. The molecule has 2 amide bonds. The molecular weight excluding hydrogens is 376 g/mol. The first-order valence-corrected chi connectivity index (χ1v) is 10.5. The molecule has 4 rings (SSSR count). The predicted molar refractivity (Wildman–Crippen MR) is 117 cm³/mol. The van der Waals surface area contributed by atoms with Crippen molar-refractivity contribution < 1.29 is 9.59 Å². The van der Waals surface area contributed by atoms with Crippen LogP contribution in [-0.2, 0) is 4.79 Å². The number of nitrogens with one attached hydrogen (secondary N) is 2. The van der Waals surface area contributed by atoms with E-state index >= 15 is 0 Å². The van der Waals surface area contributed by atoms with Gasteiger partial charge in [-0.05, 0) is 48.9 Å². The van der Waals surface area contributed by atoms with Gasteiger partial charge in [0.2, 0.25) is 5.91 Å². The number of piperidine rings is 1. The Kier molecular flexibility index (Phi) is 5.33. The molecule has 30 heavy (non-hydrogen) atoms. The van der Waals surface area contributed by atoms with Gasteiger partial charge in [0.1, 0.15) is 0 Å². The molecule has 2 aromatic rings. The van der Waals surface area contributed by atoms with E-state index < -0.39 is 5.54 Å². The molecule has 0 saturated carbocycles. The van der Waals surface area contributed by atoms with Crippen LogP contribution in [0.1, 0.15) is 36.5 Å². The molecule has 0 aliphatic carbocycles. The molecule has 0 aromatic heterocycles. The Bertz CT molecular complexity index is 937. The van der Waals surface area contributed by atoms with E-state index in [2.05, 4.69) is 17.4 Å². The van der Waals surface area contributed by atoms with Crippen LogP contribution in [0.15, 0.2) is 54.6 Å². The lowest BCUT2D eigenvalue weighted by atomic mass is 9.76. The maximum atomic E-state index is 13.1. The van der Waals surface area contributed by atoms with E-state index in [4.69, 9.17) is 5.41 Å². The van der Waals surface area contributed by atoms with E-state index in [-0.39, 0.29) is 23.7 Å². The van der Waals surface area contributed by atoms with Crippen LogP contribution in [-0.4, -0.2) is 53.2 Å². The van der Waals surface area contributed by atoms with Crippen LogP contribution < -0.4 is 5.32 Å². The summed E-state index contributed by atoms with van der Waals surface area (Å²) in [4.78, 5) is 28.7. The summed E-state index contributed by atoms with van der Waals surface area (Å²) in [7, 11) is 1.62. The molecule has 2 saturated heterocycles. The Morgan fingerprint density at radius 2 is 1.77 bits per heavy atom. The van der Waals surface area contributed by atoms with Crippen LogP contribution in [0.5, 0.6) is 0 Å². The molecule has 156 valence electrons. The number of guanidine groups is 1. The molecule has 0 radical (unpaired) electrons. The van der Waals surface area contributed by atoms with Crippen LogP contribution in [0.25, 0.3) is 11.1 Å². The average Bonchev–Trinajstić information content (AvgIpc) is 2.78. The third-order valence-electron chi connectivity index (χ3n) is 6.48. The molecule has 6 heteroatoms. The topological polar surface area (TPSA) is 76.5 Å². The van der Waals surface area contributed by atoms with E-state index in [1.54, 1.807) is 7.05 Å². The van der Waals surface area contributed by atoms with Crippen molar-refractivity contribution in [2.75, 3.05) is 20.1 Å². The summed E-state index contributed by atoms with van der Waals surface area (Å²) in [5.74, 6) is 0.226. The van der Waals surface area contributed by atoms with Gasteiger partial charge in [-0.1, -0.05) is 42.5 Å². The first-order valence-electron chi connectivity index (χ1n) is 10.5. The van der Waals surface area contributed by atoms with Gasteiger partial charge in [-0.15, -0.1) is 0 Å². The monoisotopic (exact) mass is 404 g/mol. The third-order valence-corrected chi connectivity index (χ3v) is 6.48. The second-order valence-corrected chi connectivity index (χ2v) is 8.55. The van der Waals surface area contributed by atoms with Crippen molar-refractivity contribution >= 4 is 17.8 Å². The zero-order valence-electron chi connectivity index (χ0n) is 17.5. The minimum absolute atomic E-state index is 0.0252. The third kappa shape index (κ3) is 3.82. The Morgan fingerprint density at radius 1 is 1.10 bits per heavy atom. The number of hydrogen-bond acceptors (Lipinski definition) is 3. The highest BCUT2D eigenvalue weighted by atomic mass is 16.2. The smallest absolute Gasteiger partial charge is 0.253 e. The zero-order chi connectivity index (χ0) is 21.3. The molecule has 2 atom stereocenters. The summed E-state index contributed by atoms with van der Waals surface area (Å²) in [5.41, 5.74) is 2.39. The number of carbonyl (C=O) groups is 2. The second kappa shape index (κ2) is 7.94. The fourth-order valence-electron chi connectivity index (χ4n) is 4.50. The van der Waals surface area contributed by atoms with Crippen molar-refractivity contribution in [3.8, 4) is 11.1 Å². The van der Waals surface area contributed by atoms with Crippen LogP contribution in [0.4, 0.5) is 0 Å². The van der Waals surface area contributed by atoms with Crippen molar-refractivity contribution in [1.29, 1.82) is 5.41 Å². The quantitative estimate of drug-likeness (QED) is 0.824. The Balaban J connectivity index is 1.47. The first kappa shape index (κ1) is 20.1. The molecule has 2 aliphatic heterocycles. The number of likely N-dealkylation sites (tertiary alicyclic amines) is 1. The highest BCUT2D eigenvalue weighted by Gasteiger charge is 2.44. The van der Waals surface area contributed by atoms with Gasteiger partial charge >= 0.3 is 0 Å². The number of hydrogen-bond donors (Lipinski definition) is 2. The number of nitrogens with zero attached hydrogens (tertiary/aromatic N) is 2. The lowest BCUT2D eigenvalue weighted by Crippen LogP contribution is -2.65. The molecule has 2 N–H and O–H groups in total. The fourth-order valence-corrected chi connectivity index (χ4v) is 4.50. The SMILES string of the molecule is CN1C(=N)N[C@](C)(C2CCCN(C(=O)c3ccc(-c4ccccc4)cc3)C2)CC1=O.